The number of esters is 1. The minimum Gasteiger partial charge on any atom is -0.455 e. The van der Waals surface area contributed by atoms with Gasteiger partial charge >= 0.3 is 11.7 Å². The fourth-order valence-corrected chi connectivity index (χ4v) is 1.03. The van der Waals surface area contributed by atoms with Crippen LogP contribution >= 0.6 is 0 Å². The molecular formula is C10H12N2O4. The smallest absolute Gasteiger partial charge is 0.364 e. The summed E-state index contributed by atoms with van der Waals surface area (Å²) in [6, 6.07) is 2.61. The van der Waals surface area contributed by atoms with Gasteiger partial charge in [-0.15, -0.1) is 0 Å². The molecule has 0 spiro atoms. The minimum atomic E-state index is -0.792. The van der Waals surface area contributed by atoms with Gasteiger partial charge in [-0.1, -0.05) is 0 Å². The molecule has 6 nitrogen and oxygen atoms in total. The van der Waals surface area contributed by atoms with Crippen molar-refractivity contribution >= 4 is 11.7 Å². The normalized spacial score (nSPS) is 10.9. The molecule has 6 heteroatoms. The highest BCUT2D eigenvalue weighted by Crippen LogP contribution is 2.18. The summed E-state index contributed by atoms with van der Waals surface area (Å²) >= 11 is 0. The maximum atomic E-state index is 11.6. The van der Waals surface area contributed by atoms with Crippen molar-refractivity contribution in [1.82, 2.24) is 4.98 Å². The third kappa shape index (κ3) is 3.01. The summed E-state index contributed by atoms with van der Waals surface area (Å²) < 4.78 is 5.01. The van der Waals surface area contributed by atoms with Crippen LogP contribution in [-0.4, -0.2) is 21.5 Å². The number of nitro groups is 1. The molecule has 0 unspecified atom stereocenters. The molecule has 0 bridgehead atoms. The first-order valence-corrected chi connectivity index (χ1v) is 4.64. The summed E-state index contributed by atoms with van der Waals surface area (Å²) in [5, 5.41) is 10.6. The average molecular weight is 224 g/mol. The quantitative estimate of drug-likeness (QED) is 0.435. The SMILES string of the molecule is CC(C)(C)OC(=O)c1ncccc1[N+](=O)[O-]. The van der Waals surface area contributed by atoms with E-state index in [1.807, 2.05) is 0 Å². The second-order valence-corrected chi connectivity index (χ2v) is 4.13. The molecule has 0 saturated carbocycles. The zero-order chi connectivity index (χ0) is 12.3. The van der Waals surface area contributed by atoms with Gasteiger partial charge in [0.2, 0.25) is 5.69 Å². The number of pyridine rings is 1. The Morgan fingerprint density at radius 3 is 2.62 bits per heavy atom. The third-order valence-corrected chi connectivity index (χ3v) is 1.58. The summed E-state index contributed by atoms with van der Waals surface area (Å²) in [5.74, 6) is -0.792. The van der Waals surface area contributed by atoms with Gasteiger partial charge in [-0.05, 0) is 26.8 Å². The summed E-state index contributed by atoms with van der Waals surface area (Å²) in [4.78, 5) is 25.3. The molecule has 0 aliphatic heterocycles. The summed E-state index contributed by atoms with van der Waals surface area (Å²) in [7, 11) is 0. The minimum absolute atomic E-state index is 0.276. The van der Waals surface area contributed by atoms with E-state index >= 15 is 0 Å². The summed E-state index contributed by atoms with van der Waals surface area (Å²) in [6.45, 7) is 5.04. The van der Waals surface area contributed by atoms with Gasteiger partial charge in [-0.2, -0.15) is 0 Å². The predicted molar refractivity (Wildman–Crippen MR) is 56.1 cm³/mol. The molecule has 0 saturated heterocycles. The lowest BCUT2D eigenvalue weighted by Crippen LogP contribution is -2.25. The lowest BCUT2D eigenvalue weighted by molar-refractivity contribution is -0.385. The van der Waals surface area contributed by atoms with Gasteiger partial charge in [0.05, 0.1) is 4.92 Å². The van der Waals surface area contributed by atoms with Crippen molar-refractivity contribution in [1.29, 1.82) is 0 Å². The Labute approximate surface area is 92.4 Å². The first-order chi connectivity index (χ1) is 7.31. The fourth-order valence-electron chi connectivity index (χ4n) is 1.03. The Hall–Kier alpha value is -1.98. The summed E-state index contributed by atoms with van der Waals surface area (Å²) in [6.07, 6.45) is 1.31. The monoisotopic (exact) mass is 224 g/mol. The van der Waals surface area contributed by atoms with Crippen LogP contribution in [0.15, 0.2) is 18.3 Å². The van der Waals surface area contributed by atoms with Crippen molar-refractivity contribution < 1.29 is 14.5 Å². The molecule has 16 heavy (non-hydrogen) atoms. The maximum absolute atomic E-state index is 11.6. The van der Waals surface area contributed by atoms with Crippen LogP contribution in [0.3, 0.4) is 0 Å². The van der Waals surface area contributed by atoms with Crippen molar-refractivity contribution in [2.24, 2.45) is 0 Å². The highest BCUT2D eigenvalue weighted by Gasteiger charge is 2.26. The van der Waals surface area contributed by atoms with Gasteiger partial charge in [-0.25, -0.2) is 9.78 Å². The van der Waals surface area contributed by atoms with Crippen molar-refractivity contribution in [3.05, 3.63) is 34.1 Å². The molecule has 1 heterocycles. The van der Waals surface area contributed by atoms with E-state index in [1.54, 1.807) is 20.8 Å². The van der Waals surface area contributed by atoms with Crippen LogP contribution in [-0.2, 0) is 4.74 Å². The van der Waals surface area contributed by atoms with Gasteiger partial charge in [0.25, 0.3) is 0 Å². The lowest BCUT2D eigenvalue weighted by Gasteiger charge is -2.18. The van der Waals surface area contributed by atoms with Crippen LogP contribution in [0, 0.1) is 10.1 Å². The largest absolute Gasteiger partial charge is 0.455 e. The highest BCUT2D eigenvalue weighted by molar-refractivity contribution is 5.91. The maximum Gasteiger partial charge on any atom is 0.364 e. The molecule has 1 aromatic rings. The average Bonchev–Trinajstić information content (AvgIpc) is 2.15. The van der Waals surface area contributed by atoms with Crippen LogP contribution in [0.25, 0.3) is 0 Å². The number of carbonyl (C=O) groups is 1. The molecule has 1 rings (SSSR count). The number of hydrogen-bond acceptors (Lipinski definition) is 5. The number of rotatable bonds is 2. The van der Waals surface area contributed by atoms with E-state index in [9.17, 15) is 14.9 Å². The van der Waals surface area contributed by atoms with Crippen molar-refractivity contribution in [3.63, 3.8) is 0 Å². The molecular weight excluding hydrogens is 212 g/mol. The van der Waals surface area contributed by atoms with E-state index in [-0.39, 0.29) is 11.4 Å². The molecule has 0 aliphatic carbocycles. The van der Waals surface area contributed by atoms with Gasteiger partial charge in [0, 0.05) is 12.3 Å². The van der Waals surface area contributed by atoms with E-state index in [1.165, 1.54) is 18.3 Å². The predicted octanol–water partition coefficient (Wildman–Crippen LogP) is 1.95. The van der Waals surface area contributed by atoms with Gasteiger partial charge < -0.3 is 4.74 Å². The molecule has 0 aliphatic rings. The van der Waals surface area contributed by atoms with Crippen LogP contribution in [0.4, 0.5) is 5.69 Å². The van der Waals surface area contributed by atoms with Crippen LogP contribution < -0.4 is 0 Å². The van der Waals surface area contributed by atoms with Crippen LogP contribution in [0.2, 0.25) is 0 Å². The first-order valence-electron chi connectivity index (χ1n) is 4.64. The van der Waals surface area contributed by atoms with Crippen LogP contribution in [0.1, 0.15) is 31.3 Å². The standard InChI is InChI=1S/C10H12N2O4/c1-10(2,3)16-9(13)8-7(12(14)15)5-4-6-11-8/h4-6H,1-3H3. The zero-order valence-corrected chi connectivity index (χ0v) is 9.26. The van der Waals surface area contributed by atoms with E-state index in [4.69, 9.17) is 4.74 Å². The molecule has 0 atom stereocenters. The van der Waals surface area contributed by atoms with Crippen molar-refractivity contribution in [2.75, 3.05) is 0 Å². The van der Waals surface area contributed by atoms with Crippen molar-refractivity contribution in [2.45, 2.75) is 26.4 Å². The Balaban J connectivity index is 3.04. The van der Waals surface area contributed by atoms with E-state index in [2.05, 4.69) is 4.98 Å². The van der Waals surface area contributed by atoms with Gasteiger partial charge in [0.1, 0.15) is 5.60 Å². The zero-order valence-electron chi connectivity index (χ0n) is 9.26. The Morgan fingerprint density at radius 2 is 2.12 bits per heavy atom. The van der Waals surface area contributed by atoms with E-state index < -0.39 is 16.5 Å². The number of ether oxygens (including phenoxy) is 1. The molecule has 0 aromatic carbocycles. The molecule has 0 amide bonds. The lowest BCUT2D eigenvalue weighted by atomic mass is 10.2. The van der Waals surface area contributed by atoms with Crippen molar-refractivity contribution in [3.8, 4) is 0 Å². The first kappa shape index (κ1) is 12.1. The molecule has 0 fully saturated rings. The number of hydrogen-bond donors (Lipinski definition) is 0. The Morgan fingerprint density at radius 1 is 1.50 bits per heavy atom. The summed E-state index contributed by atoms with van der Waals surface area (Å²) in [5.41, 5.74) is -1.33. The second-order valence-electron chi connectivity index (χ2n) is 4.13. The number of aromatic nitrogens is 1. The molecule has 1 aromatic heterocycles. The number of nitrogens with zero attached hydrogens (tertiary/aromatic N) is 2. The molecule has 86 valence electrons. The highest BCUT2D eigenvalue weighted by atomic mass is 16.6. The third-order valence-electron chi connectivity index (χ3n) is 1.58. The van der Waals surface area contributed by atoms with Crippen LogP contribution in [0.5, 0.6) is 0 Å². The fraction of sp³-hybridized carbons (Fsp3) is 0.400. The Kier molecular flexibility index (Phi) is 3.22. The molecule has 0 N–H and O–H groups in total. The molecule has 0 radical (unpaired) electrons. The van der Waals surface area contributed by atoms with Gasteiger partial charge in [-0.3, -0.25) is 10.1 Å². The van der Waals surface area contributed by atoms with E-state index in [0.717, 1.165) is 0 Å². The van der Waals surface area contributed by atoms with Gasteiger partial charge in [0.15, 0.2) is 0 Å². The Bertz CT molecular complexity index is 423. The number of carbonyl (C=O) groups excluding carboxylic acids is 1. The second kappa shape index (κ2) is 4.26. The van der Waals surface area contributed by atoms with E-state index in [0.29, 0.717) is 0 Å². The topological polar surface area (TPSA) is 82.3 Å².